The molecule has 0 heterocycles. The van der Waals surface area contributed by atoms with E-state index in [4.69, 9.17) is 4.94 Å². The van der Waals surface area contributed by atoms with Crippen molar-refractivity contribution in [2.75, 3.05) is 14.1 Å². The molecule has 0 radical (unpaired) electrons. The van der Waals surface area contributed by atoms with Gasteiger partial charge in [0, 0.05) is 26.5 Å². The highest BCUT2D eigenvalue weighted by Crippen LogP contribution is 1.89. The van der Waals surface area contributed by atoms with Crippen molar-refractivity contribution in [1.82, 2.24) is 10.1 Å². The van der Waals surface area contributed by atoms with Crippen molar-refractivity contribution < 1.29 is 4.94 Å². The lowest BCUT2D eigenvalue weighted by Crippen LogP contribution is -2.21. The van der Waals surface area contributed by atoms with Crippen LogP contribution in [0.1, 0.15) is 0 Å². The van der Waals surface area contributed by atoms with Gasteiger partial charge >= 0.3 is 0 Å². The minimum absolute atomic E-state index is 1.47. The van der Waals surface area contributed by atoms with Gasteiger partial charge in [-0.3, -0.25) is 0 Å². The van der Waals surface area contributed by atoms with E-state index in [0.717, 1.165) is 0 Å². The van der Waals surface area contributed by atoms with Crippen LogP contribution in [0.4, 0.5) is 0 Å². The van der Waals surface area contributed by atoms with Gasteiger partial charge in [-0.05, 0) is 0 Å². The Hall–Kier alpha value is -0.960. The molecule has 0 saturated heterocycles. The lowest BCUT2D eigenvalue weighted by atomic mass is 11.0. The third kappa shape index (κ3) is 3.61. The van der Waals surface area contributed by atoms with Crippen molar-refractivity contribution in [3.63, 3.8) is 0 Å². The molecule has 0 aromatic carbocycles. The Morgan fingerprint density at radius 1 is 1.11 bits per heavy atom. The van der Waals surface area contributed by atoms with E-state index in [9.17, 15) is 0 Å². The minimum Gasteiger partial charge on any atom is -0.240 e. The number of hydroxylamine groups is 4. The summed E-state index contributed by atoms with van der Waals surface area (Å²) in [6.07, 6.45) is 3.11. The summed E-state index contributed by atoms with van der Waals surface area (Å²) >= 11 is 0. The first-order valence-corrected chi connectivity index (χ1v) is 2.59. The molecule has 0 atom stereocenters. The molecule has 0 amide bonds. The summed E-state index contributed by atoms with van der Waals surface area (Å²) in [6.45, 7) is 6.98. The van der Waals surface area contributed by atoms with Gasteiger partial charge in [-0.15, -0.1) is 0 Å². The van der Waals surface area contributed by atoms with Crippen molar-refractivity contribution in [3.8, 4) is 0 Å². The first-order chi connectivity index (χ1) is 4.20. The van der Waals surface area contributed by atoms with Crippen LogP contribution in [0.2, 0.25) is 0 Å². The topological polar surface area (TPSA) is 15.7 Å². The zero-order valence-electron chi connectivity index (χ0n) is 5.87. The fourth-order valence-electron chi connectivity index (χ4n) is 0.270. The third-order valence-electron chi connectivity index (χ3n) is 0.772. The minimum atomic E-state index is 1.47. The second kappa shape index (κ2) is 3.97. The molecular formula is C6H12N2O. The Morgan fingerprint density at radius 2 is 1.44 bits per heavy atom. The molecule has 0 N–H and O–H groups in total. The Labute approximate surface area is 55.7 Å². The third-order valence-corrected chi connectivity index (χ3v) is 0.772. The van der Waals surface area contributed by atoms with Gasteiger partial charge in [0.1, 0.15) is 0 Å². The monoisotopic (exact) mass is 128 g/mol. The molecule has 0 saturated carbocycles. The summed E-state index contributed by atoms with van der Waals surface area (Å²) < 4.78 is 0. The molecule has 0 aromatic rings. The fourth-order valence-corrected chi connectivity index (χ4v) is 0.270. The standard InChI is InChI=1S/C6H12N2O/c1-5-7(3)9-8(4)6-2/h5-6H,1-2H2,3-4H3. The van der Waals surface area contributed by atoms with Gasteiger partial charge < -0.3 is 0 Å². The van der Waals surface area contributed by atoms with Crippen molar-refractivity contribution in [2.24, 2.45) is 0 Å². The molecule has 0 aliphatic carbocycles. The molecule has 52 valence electrons. The molecule has 9 heavy (non-hydrogen) atoms. The normalized spacial score (nSPS) is 8.22. The number of nitrogens with zero attached hydrogens (tertiary/aromatic N) is 2. The zero-order valence-corrected chi connectivity index (χ0v) is 5.87. The van der Waals surface area contributed by atoms with Crippen LogP contribution in [0.3, 0.4) is 0 Å². The molecule has 0 unspecified atom stereocenters. The molecule has 3 heteroatoms. The van der Waals surface area contributed by atoms with Gasteiger partial charge in [0.15, 0.2) is 0 Å². The van der Waals surface area contributed by atoms with E-state index >= 15 is 0 Å². The maximum Gasteiger partial charge on any atom is 0.0361 e. The predicted molar refractivity (Wildman–Crippen MR) is 37.0 cm³/mol. The second-order valence-corrected chi connectivity index (χ2v) is 1.54. The van der Waals surface area contributed by atoms with Gasteiger partial charge in [0.05, 0.1) is 0 Å². The van der Waals surface area contributed by atoms with Crippen LogP contribution in [-0.4, -0.2) is 24.2 Å². The van der Waals surface area contributed by atoms with E-state index in [-0.39, 0.29) is 0 Å². The van der Waals surface area contributed by atoms with Crippen LogP contribution in [-0.2, 0) is 4.94 Å². The van der Waals surface area contributed by atoms with E-state index in [0.29, 0.717) is 0 Å². The highest BCUT2D eigenvalue weighted by molar-refractivity contribution is 4.59. The lowest BCUT2D eigenvalue weighted by molar-refractivity contribution is -0.257. The van der Waals surface area contributed by atoms with Crippen LogP contribution in [0.5, 0.6) is 0 Å². The second-order valence-electron chi connectivity index (χ2n) is 1.54. The number of hydrogen-bond acceptors (Lipinski definition) is 3. The summed E-state index contributed by atoms with van der Waals surface area (Å²) in [5.74, 6) is 0. The summed E-state index contributed by atoms with van der Waals surface area (Å²) in [6, 6.07) is 0. The van der Waals surface area contributed by atoms with Crippen LogP contribution < -0.4 is 0 Å². The van der Waals surface area contributed by atoms with Gasteiger partial charge in [0.25, 0.3) is 0 Å². The summed E-state index contributed by atoms with van der Waals surface area (Å²) in [4.78, 5) is 4.98. The van der Waals surface area contributed by atoms with Gasteiger partial charge in [0.2, 0.25) is 0 Å². The highest BCUT2D eigenvalue weighted by atomic mass is 16.8. The molecule has 0 spiro atoms. The molecule has 0 fully saturated rings. The average Bonchev–Trinajstić information content (AvgIpc) is 1.87. The summed E-state index contributed by atoms with van der Waals surface area (Å²) in [5, 5.41) is 2.95. The molecule has 0 aliphatic heterocycles. The molecule has 0 aliphatic rings. The quantitative estimate of drug-likeness (QED) is 0.525. The highest BCUT2D eigenvalue weighted by Gasteiger charge is 1.90. The molecule has 0 aromatic heterocycles. The maximum absolute atomic E-state index is 4.98. The van der Waals surface area contributed by atoms with E-state index in [1.807, 2.05) is 0 Å². The molecule has 0 bridgehead atoms. The predicted octanol–water partition coefficient (Wildman–Crippen LogP) is 0.984. The van der Waals surface area contributed by atoms with Crippen molar-refractivity contribution in [1.29, 1.82) is 0 Å². The van der Waals surface area contributed by atoms with Crippen LogP contribution >= 0.6 is 0 Å². The van der Waals surface area contributed by atoms with Gasteiger partial charge in [-0.2, -0.15) is 4.94 Å². The van der Waals surface area contributed by atoms with E-state index in [2.05, 4.69) is 13.2 Å². The molecule has 3 nitrogen and oxygen atoms in total. The summed E-state index contributed by atoms with van der Waals surface area (Å²) in [7, 11) is 3.49. The van der Waals surface area contributed by atoms with Gasteiger partial charge in [-0.25, -0.2) is 10.1 Å². The van der Waals surface area contributed by atoms with Crippen LogP contribution in [0.25, 0.3) is 0 Å². The Balaban J connectivity index is 3.45. The van der Waals surface area contributed by atoms with E-state index in [1.54, 1.807) is 26.5 Å². The first kappa shape index (κ1) is 8.04. The first-order valence-electron chi connectivity index (χ1n) is 2.59. The Kier molecular flexibility index (Phi) is 3.55. The number of rotatable bonds is 4. The van der Waals surface area contributed by atoms with Crippen molar-refractivity contribution >= 4 is 0 Å². The van der Waals surface area contributed by atoms with Gasteiger partial charge in [-0.1, -0.05) is 13.2 Å². The molecule has 0 rings (SSSR count). The Bertz CT molecular complexity index is 91.2. The maximum atomic E-state index is 4.98. The van der Waals surface area contributed by atoms with E-state index in [1.165, 1.54) is 10.1 Å². The van der Waals surface area contributed by atoms with Crippen molar-refractivity contribution in [3.05, 3.63) is 25.6 Å². The lowest BCUT2D eigenvalue weighted by Gasteiger charge is -2.18. The van der Waals surface area contributed by atoms with Crippen LogP contribution in [0.15, 0.2) is 25.6 Å². The fraction of sp³-hybridized carbons (Fsp3) is 0.333. The zero-order chi connectivity index (χ0) is 7.28. The van der Waals surface area contributed by atoms with Crippen LogP contribution in [0, 0.1) is 0 Å². The van der Waals surface area contributed by atoms with Crippen molar-refractivity contribution in [2.45, 2.75) is 0 Å². The van der Waals surface area contributed by atoms with E-state index < -0.39 is 0 Å². The summed E-state index contributed by atoms with van der Waals surface area (Å²) in [5.41, 5.74) is 0. The average molecular weight is 128 g/mol. The Morgan fingerprint density at radius 3 is 1.67 bits per heavy atom. The smallest absolute Gasteiger partial charge is 0.0361 e. The molecular weight excluding hydrogens is 116 g/mol. The SMILES string of the molecule is C=CN(C)ON(C)C=C. The largest absolute Gasteiger partial charge is 0.240 e. The number of hydrogen-bond donors (Lipinski definition) is 0.